The standard InChI is InChI=1S/C19H24N4O8/c1-6-30-17(25)21-15(12(3)4)20-19(16(24)29-5,22(21)18(26)31-7-2)13-8-10-14(11-9-13)23(27)28/h8-12H,6-7H2,1-5H3. The molecule has 0 aromatic heterocycles. The third-order valence-corrected chi connectivity index (χ3v) is 4.35. The van der Waals surface area contributed by atoms with E-state index in [1.807, 2.05) is 0 Å². The van der Waals surface area contributed by atoms with E-state index in [0.717, 1.165) is 29.3 Å². The van der Waals surface area contributed by atoms with E-state index in [1.54, 1.807) is 27.7 Å². The van der Waals surface area contributed by atoms with Gasteiger partial charge in [-0.05, 0) is 26.0 Å². The van der Waals surface area contributed by atoms with Gasteiger partial charge in [-0.3, -0.25) is 10.1 Å². The van der Waals surface area contributed by atoms with Crippen molar-refractivity contribution >= 4 is 29.7 Å². The van der Waals surface area contributed by atoms with Gasteiger partial charge in [-0.2, -0.15) is 10.0 Å². The van der Waals surface area contributed by atoms with Gasteiger partial charge in [-0.25, -0.2) is 19.4 Å². The molecule has 168 valence electrons. The largest absolute Gasteiger partial charge is 0.465 e. The number of nitro groups is 1. The fraction of sp³-hybridized carbons (Fsp3) is 0.474. The molecule has 0 N–H and O–H groups in total. The molecule has 1 atom stereocenters. The Bertz CT molecular complexity index is 899. The number of hydrazine groups is 1. The van der Waals surface area contributed by atoms with Crippen LogP contribution in [0.1, 0.15) is 33.3 Å². The minimum Gasteiger partial charge on any atom is -0.465 e. The Morgan fingerprint density at radius 2 is 1.65 bits per heavy atom. The van der Waals surface area contributed by atoms with E-state index in [-0.39, 0.29) is 30.3 Å². The molecule has 0 saturated carbocycles. The second-order valence-electron chi connectivity index (χ2n) is 6.61. The van der Waals surface area contributed by atoms with Crippen LogP contribution in [0.3, 0.4) is 0 Å². The summed E-state index contributed by atoms with van der Waals surface area (Å²) in [6.45, 7) is 6.49. The number of nitrogens with zero attached hydrogens (tertiary/aromatic N) is 4. The van der Waals surface area contributed by atoms with Gasteiger partial charge in [0.15, 0.2) is 0 Å². The molecule has 1 aliphatic rings. The van der Waals surface area contributed by atoms with Crippen LogP contribution in [0.15, 0.2) is 29.3 Å². The number of non-ortho nitro benzene ring substituents is 1. The van der Waals surface area contributed by atoms with Gasteiger partial charge in [0.25, 0.3) is 11.4 Å². The summed E-state index contributed by atoms with van der Waals surface area (Å²) in [4.78, 5) is 53.7. The highest BCUT2D eigenvalue weighted by molar-refractivity contribution is 6.04. The van der Waals surface area contributed by atoms with E-state index < -0.39 is 34.7 Å². The van der Waals surface area contributed by atoms with Crippen molar-refractivity contribution in [3.8, 4) is 0 Å². The number of nitro benzene ring substituents is 1. The Labute approximate surface area is 178 Å². The number of aliphatic imine (C=N–C) groups is 1. The van der Waals surface area contributed by atoms with Crippen LogP contribution in [0.25, 0.3) is 0 Å². The van der Waals surface area contributed by atoms with Crippen molar-refractivity contribution in [3.05, 3.63) is 39.9 Å². The highest BCUT2D eigenvalue weighted by atomic mass is 16.6. The maximum absolute atomic E-state index is 13.1. The zero-order valence-corrected chi connectivity index (χ0v) is 17.9. The van der Waals surface area contributed by atoms with E-state index in [1.165, 1.54) is 12.1 Å². The van der Waals surface area contributed by atoms with Crippen molar-refractivity contribution in [2.45, 2.75) is 33.4 Å². The molecule has 1 heterocycles. The van der Waals surface area contributed by atoms with Crippen LogP contribution >= 0.6 is 0 Å². The monoisotopic (exact) mass is 436 g/mol. The molecule has 12 heteroatoms. The van der Waals surface area contributed by atoms with Crippen LogP contribution in [-0.4, -0.2) is 59.3 Å². The van der Waals surface area contributed by atoms with Gasteiger partial charge >= 0.3 is 18.2 Å². The molecule has 1 unspecified atom stereocenters. The molecule has 0 aliphatic carbocycles. The number of rotatable bonds is 6. The first-order valence-corrected chi connectivity index (χ1v) is 9.52. The number of esters is 1. The van der Waals surface area contributed by atoms with E-state index in [4.69, 9.17) is 14.2 Å². The SMILES string of the molecule is CCOC(=O)N1C(C(C)C)=NC(C(=O)OC)(c2ccc([N+](=O)[O-])cc2)N1C(=O)OCC. The van der Waals surface area contributed by atoms with Crippen molar-refractivity contribution in [3.63, 3.8) is 0 Å². The Morgan fingerprint density at radius 1 is 1.10 bits per heavy atom. The predicted octanol–water partition coefficient (Wildman–Crippen LogP) is 2.82. The molecule has 0 fully saturated rings. The summed E-state index contributed by atoms with van der Waals surface area (Å²) in [7, 11) is 1.09. The molecule has 31 heavy (non-hydrogen) atoms. The van der Waals surface area contributed by atoms with E-state index >= 15 is 0 Å². The highest BCUT2D eigenvalue weighted by Crippen LogP contribution is 2.41. The summed E-state index contributed by atoms with van der Waals surface area (Å²) in [6, 6.07) is 4.83. The molecule has 0 radical (unpaired) electrons. The Hall–Kier alpha value is -3.70. The minimum absolute atomic E-state index is 0.000129. The average molecular weight is 436 g/mol. The Morgan fingerprint density at radius 3 is 2.10 bits per heavy atom. The zero-order chi connectivity index (χ0) is 23.3. The number of methoxy groups -OCH3 is 1. The lowest BCUT2D eigenvalue weighted by Gasteiger charge is -2.36. The van der Waals surface area contributed by atoms with Gasteiger partial charge in [-0.1, -0.05) is 13.8 Å². The maximum Gasteiger partial charge on any atom is 0.435 e. The van der Waals surface area contributed by atoms with Gasteiger partial charge in [-0.15, -0.1) is 0 Å². The van der Waals surface area contributed by atoms with Crippen LogP contribution in [0.4, 0.5) is 15.3 Å². The average Bonchev–Trinajstić information content (AvgIpc) is 3.11. The first-order chi connectivity index (χ1) is 14.6. The van der Waals surface area contributed by atoms with Crippen LogP contribution in [-0.2, 0) is 24.7 Å². The van der Waals surface area contributed by atoms with Crippen molar-refractivity contribution in [1.82, 2.24) is 10.0 Å². The van der Waals surface area contributed by atoms with Crippen molar-refractivity contribution in [2.75, 3.05) is 20.3 Å². The third-order valence-electron chi connectivity index (χ3n) is 4.35. The molecule has 0 saturated heterocycles. The molecule has 2 amide bonds. The minimum atomic E-state index is -2.19. The smallest absolute Gasteiger partial charge is 0.435 e. The fourth-order valence-electron chi connectivity index (χ4n) is 3.03. The Kier molecular flexibility index (Phi) is 7.16. The molecule has 0 bridgehead atoms. The molecule has 0 spiro atoms. The second kappa shape index (κ2) is 9.41. The lowest BCUT2D eigenvalue weighted by Crippen LogP contribution is -2.59. The normalized spacial score (nSPS) is 17.9. The number of ether oxygens (including phenoxy) is 3. The molecule has 1 aromatic rings. The molecule has 1 aromatic carbocycles. The molecular weight excluding hydrogens is 412 g/mol. The lowest BCUT2D eigenvalue weighted by molar-refractivity contribution is -0.384. The van der Waals surface area contributed by atoms with E-state index in [2.05, 4.69) is 4.99 Å². The fourth-order valence-corrected chi connectivity index (χ4v) is 3.03. The van der Waals surface area contributed by atoms with Gasteiger partial charge < -0.3 is 14.2 Å². The van der Waals surface area contributed by atoms with Gasteiger partial charge in [0.05, 0.1) is 25.2 Å². The second-order valence-corrected chi connectivity index (χ2v) is 6.61. The van der Waals surface area contributed by atoms with Crippen LogP contribution in [0.5, 0.6) is 0 Å². The maximum atomic E-state index is 13.1. The van der Waals surface area contributed by atoms with Crippen molar-refractivity contribution in [1.29, 1.82) is 0 Å². The molecular formula is C19H24N4O8. The summed E-state index contributed by atoms with van der Waals surface area (Å²) >= 11 is 0. The predicted molar refractivity (Wildman–Crippen MR) is 107 cm³/mol. The van der Waals surface area contributed by atoms with E-state index in [0.29, 0.717) is 0 Å². The topological polar surface area (TPSA) is 141 Å². The first-order valence-electron chi connectivity index (χ1n) is 9.52. The van der Waals surface area contributed by atoms with Crippen molar-refractivity contribution < 1.29 is 33.5 Å². The van der Waals surface area contributed by atoms with Crippen LogP contribution in [0, 0.1) is 16.0 Å². The van der Waals surface area contributed by atoms with Gasteiger partial charge in [0, 0.05) is 23.6 Å². The third kappa shape index (κ3) is 4.13. The summed E-state index contributed by atoms with van der Waals surface area (Å²) in [6.07, 6.45) is -2.01. The highest BCUT2D eigenvalue weighted by Gasteiger charge is 2.60. The number of hydrogen-bond acceptors (Lipinski definition) is 9. The number of amidine groups is 1. The number of benzene rings is 1. The summed E-state index contributed by atoms with van der Waals surface area (Å²) in [5.74, 6) is -1.37. The zero-order valence-electron chi connectivity index (χ0n) is 17.9. The molecule has 12 nitrogen and oxygen atoms in total. The van der Waals surface area contributed by atoms with Crippen molar-refractivity contribution in [2.24, 2.45) is 10.9 Å². The van der Waals surface area contributed by atoms with Gasteiger partial charge in [0.2, 0.25) is 0 Å². The quantitative estimate of drug-likeness (QED) is 0.287. The summed E-state index contributed by atoms with van der Waals surface area (Å²) in [5, 5.41) is 12.6. The van der Waals surface area contributed by atoms with Crippen LogP contribution < -0.4 is 0 Å². The molecule has 1 aliphatic heterocycles. The number of hydrogen-bond donors (Lipinski definition) is 0. The number of carbonyl (C=O) groups is 3. The lowest BCUT2D eigenvalue weighted by atomic mass is 9.99. The van der Waals surface area contributed by atoms with Gasteiger partial charge in [0.1, 0.15) is 5.84 Å². The Balaban J connectivity index is 2.83. The number of carbonyl (C=O) groups excluding carboxylic acids is 3. The summed E-state index contributed by atoms with van der Waals surface area (Å²) < 4.78 is 15.1. The van der Waals surface area contributed by atoms with E-state index in [9.17, 15) is 24.5 Å². The number of amides is 2. The molecule has 2 rings (SSSR count). The summed E-state index contributed by atoms with van der Waals surface area (Å²) in [5.41, 5.74) is -2.37. The first kappa shape index (κ1) is 23.6. The van der Waals surface area contributed by atoms with Crippen LogP contribution in [0.2, 0.25) is 0 Å².